The molecule has 0 radical (unpaired) electrons. The van der Waals surface area contributed by atoms with Gasteiger partial charge in [-0.25, -0.2) is 8.42 Å². The molecule has 2 aromatic rings. The summed E-state index contributed by atoms with van der Waals surface area (Å²) >= 11 is 0. The fraction of sp³-hybridized carbons (Fsp3) is 0.364. The topological polar surface area (TPSA) is 117 Å². The number of ether oxygens (including phenoxy) is 1. The van der Waals surface area contributed by atoms with Gasteiger partial charge in [-0.3, -0.25) is 9.59 Å². The molecule has 2 aromatic carbocycles. The highest BCUT2D eigenvalue weighted by atomic mass is 32.2. The summed E-state index contributed by atoms with van der Waals surface area (Å²) in [5, 5.41) is 8.37. The van der Waals surface area contributed by atoms with E-state index < -0.39 is 10.0 Å². The average Bonchev–Trinajstić information content (AvgIpc) is 2.74. The van der Waals surface area contributed by atoms with Gasteiger partial charge in [-0.1, -0.05) is 19.9 Å². The third kappa shape index (κ3) is 6.21. The molecule has 0 aliphatic rings. The molecule has 0 unspecified atom stereocenters. The van der Waals surface area contributed by atoms with Gasteiger partial charge in [-0.05, 0) is 42.8 Å². The van der Waals surface area contributed by atoms with Gasteiger partial charge in [0, 0.05) is 31.4 Å². The third-order valence-corrected chi connectivity index (χ3v) is 6.95. The Morgan fingerprint density at radius 3 is 2.25 bits per heavy atom. The fourth-order valence-electron chi connectivity index (χ4n) is 3.15. The van der Waals surface area contributed by atoms with Gasteiger partial charge < -0.3 is 20.7 Å². The fourth-order valence-corrected chi connectivity index (χ4v) is 4.86. The van der Waals surface area contributed by atoms with Crippen LogP contribution in [0, 0.1) is 6.92 Å². The number of nitrogens with one attached hydrogen (secondary N) is 3. The number of benzene rings is 2. The van der Waals surface area contributed by atoms with E-state index in [9.17, 15) is 18.0 Å². The lowest BCUT2D eigenvalue weighted by Gasteiger charge is -2.20. The van der Waals surface area contributed by atoms with E-state index in [1.54, 1.807) is 51.1 Å². The molecule has 0 saturated carbocycles. The monoisotopic (exact) mass is 462 g/mol. The van der Waals surface area contributed by atoms with Gasteiger partial charge >= 0.3 is 0 Å². The highest BCUT2D eigenvalue weighted by Crippen LogP contribution is 2.28. The molecule has 2 amide bonds. The first-order valence-electron chi connectivity index (χ1n) is 10.2. The van der Waals surface area contributed by atoms with Crippen molar-refractivity contribution in [1.82, 2.24) is 4.31 Å². The normalized spacial score (nSPS) is 11.2. The quantitative estimate of drug-likeness (QED) is 0.500. The van der Waals surface area contributed by atoms with Gasteiger partial charge in [-0.15, -0.1) is 0 Å². The number of aryl methyl sites for hydroxylation is 1. The molecule has 0 heterocycles. The lowest BCUT2D eigenvalue weighted by Crippen LogP contribution is -2.31. The SMILES string of the molecule is CCN(CC)S(=O)(=O)c1cc(NC(=O)CNc2ccc(OC)c(NC(C)=O)c2)ccc1C. The Morgan fingerprint density at radius 1 is 1.00 bits per heavy atom. The van der Waals surface area contributed by atoms with Crippen molar-refractivity contribution in [2.24, 2.45) is 0 Å². The van der Waals surface area contributed by atoms with Crippen LogP contribution >= 0.6 is 0 Å². The molecule has 32 heavy (non-hydrogen) atoms. The number of rotatable bonds is 10. The number of anilines is 3. The van der Waals surface area contributed by atoms with Crippen LogP contribution in [0.4, 0.5) is 17.1 Å². The molecule has 3 N–H and O–H groups in total. The first kappa shape index (κ1) is 25.2. The third-order valence-electron chi connectivity index (χ3n) is 4.76. The summed E-state index contributed by atoms with van der Waals surface area (Å²) in [6.07, 6.45) is 0. The van der Waals surface area contributed by atoms with Crippen molar-refractivity contribution in [3.05, 3.63) is 42.0 Å². The molecule has 2 rings (SSSR count). The number of carbonyl (C=O) groups excluding carboxylic acids is 2. The zero-order valence-electron chi connectivity index (χ0n) is 19.0. The van der Waals surface area contributed by atoms with E-state index in [2.05, 4.69) is 16.0 Å². The predicted molar refractivity (Wildman–Crippen MR) is 126 cm³/mol. The molecule has 0 bridgehead atoms. The van der Waals surface area contributed by atoms with Gasteiger partial charge in [0.05, 0.1) is 24.2 Å². The van der Waals surface area contributed by atoms with Crippen LogP contribution in [0.5, 0.6) is 5.75 Å². The van der Waals surface area contributed by atoms with Gasteiger partial charge in [0.25, 0.3) is 0 Å². The standard InChI is InChI=1S/C22H30N4O5S/c1-6-26(7-2)32(29,30)21-13-18(9-8-15(21)3)25-22(28)14-23-17-10-11-20(31-5)19(12-17)24-16(4)27/h8-13,23H,6-7,14H2,1-5H3,(H,24,27)(H,25,28). The molecule has 0 aromatic heterocycles. The van der Waals surface area contributed by atoms with Gasteiger partial charge in [0.2, 0.25) is 21.8 Å². The highest BCUT2D eigenvalue weighted by Gasteiger charge is 2.24. The number of carbonyl (C=O) groups is 2. The Kier molecular flexibility index (Phi) is 8.62. The van der Waals surface area contributed by atoms with E-state index in [0.717, 1.165) is 0 Å². The first-order valence-corrected chi connectivity index (χ1v) is 11.7. The van der Waals surface area contributed by atoms with Crippen molar-refractivity contribution in [3.63, 3.8) is 0 Å². The van der Waals surface area contributed by atoms with E-state index in [1.165, 1.54) is 24.4 Å². The minimum atomic E-state index is -3.65. The number of methoxy groups -OCH3 is 1. The average molecular weight is 463 g/mol. The number of nitrogens with zero attached hydrogens (tertiary/aromatic N) is 1. The Balaban J connectivity index is 2.12. The Hall–Kier alpha value is -3.11. The van der Waals surface area contributed by atoms with Crippen LogP contribution in [0.25, 0.3) is 0 Å². The number of sulfonamides is 1. The van der Waals surface area contributed by atoms with Crippen molar-refractivity contribution >= 4 is 38.9 Å². The van der Waals surface area contributed by atoms with Crippen molar-refractivity contribution in [3.8, 4) is 5.75 Å². The van der Waals surface area contributed by atoms with Crippen LogP contribution < -0.4 is 20.7 Å². The summed E-state index contributed by atoms with van der Waals surface area (Å²) in [4.78, 5) is 24.0. The molecule has 10 heteroatoms. The van der Waals surface area contributed by atoms with Crippen molar-refractivity contribution in [2.45, 2.75) is 32.6 Å². The Bertz CT molecular complexity index is 1080. The van der Waals surface area contributed by atoms with Crippen LogP contribution in [0.3, 0.4) is 0 Å². The van der Waals surface area contributed by atoms with Crippen LogP contribution in [0.2, 0.25) is 0 Å². The summed E-state index contributed by atoms with van der Waals surface area (Å²) < 4.78 is 32.4. The second-order valence-corrected chi connectivity index (χ2v) is 8.97. The summed E-state index contributed by atoms with van der Waals surface area (Å²) in [6.45, 7) is 7.34. The predicted octanol–water partition coefficient (Wildman–Crippen LogP) is 3.04. The lowest BCUT2D eigenvalue weighted by molar-refractivity contribution is -0.115. The van der Waals surface area contributed by atoms with Crippen molar-refractivity contribution < 1.29 is 22.7 Å². The summed E-state index contributed by atoms with van der Waals surface area (Å²) in [5.41, 5.74) is 2.09. The van der Waals surface area contributed by atoms with Gasteiger partial charge in [0.15, 0.2) is 0 Å². The zero-order valence-corrected chi connectivity index (χ0v) is 19.8. The maximum Gasteiger partial charge on any atom is 0.243 e. The Labute approximate surface area is 189 Å². The molecule has 0 saturated heterocycles. The zero-order chi connectivity index (χ0) is 23.9. The van der Waals surface area contributed by atoms with E-state index in [-0.39, 0.29) is 23.3 Å². The minimum absolute atomic E-state index is 0.0577. The summed E-state index contributed by atoms with van der Waals surface area (Å²) in [5.74, 6) is -0.0956. The highest BCUT2D eigenvalue weighted by molar-refractivity contribution is 7.89. The van der Waals surface area contributed by atoms with Crippen LogP contribution in [-0.2, 0) is 19.6 Å². The molecule has 0 aliphatic carbocycles. The van der Waals surface area contributed by atoms with Crippen LogP contribution in [0.1, 0.15) is 26.3 Å². The molecule has 0 atom stereocenters. The summed E-state index contributed by atoms with van der Waals surface area (Å²) in [7, 11) is -2.15. The maximum atomic E-state index is 12.9. The van der Waals surface area contributed by atoms with E-state index in [4.69, 9.17) is 4.74 Å². The molecular weight excluding hydrogens is 432 g/mol. The van der Waals surface area contributed by atoms with Gasteiger partial charge in [0.1, 0.15) is 5.75 Å². The van der Waals surface area contributed by atoms with Crippen LogP contribution in [0.15, 0.2) is 41.3 Å². The Morgan fingerprint density at radius 2 is 1.66 bits per heavy atom. The lowest BCUT2D eigenvalue weighted by atomic mass is 10.2. The van der Waals surface area contributed by atoms with E-state index in [0.29, 0.717) is 41.5 Å². The van der Waals surface area contributed by atoms with E-state index >= 15 is 0 Å². The van der Waals surface area contributed by atoms with Crippen LogP contribution in [-0.4, -0.2) is 51.3 Å². The number of hydrogen-bond acceptors (Lipinski definition) is 6. The smallest absolute Gasteiger partial charge is 0.243 e. The molecular formula is C22H30N4O5S. The second-order valence-electron chi connectivity index (χ2n) is 7.07. The molecule has 0 aliphatic heterocycles. The molecule has 0 fully saturated rings. The number of hydrogen-bond donors (Lipinski definition) is 3. The number of amides is 2. The largest absolute Gasteiger partial charge is 0.495 e. The van der Waals surface area contributed by atoms with Crippen molar-refractivity contribution in [2.75, 3.05) is 42.7 Å². The van der Waals surface area contributed by atoms with Crippen molar-refractivity contribution in [1.29, 1.82) is 0 Å². The summed E-state index contributed by atoms with van der Waals surface area (Å²) in [6, 6.07) is 9.87. The maximum absolute atomic E-state index is 12.9. The molecule has 9 nitrogen and oxygen atoms in total. The van der Waals surface area contributed by atoms with Gasteiger partial charge in [-0.2, -0.15) is 4.31 Å². The molecule has 174 valence electrons. The first-order chi connectivity index (χ1) is 15.1. The minimum Gasteiger partial charge on any atom is -0.495 e. The molecule has 0 spiro atoms. The second kappa shape index (κ2) is 11.0. The van der Waals surface area contributed by atoms with E-state index in [1.807, 2.05) is 0 Å².